The molecule has 178 valence electrons. The number of ether oxygens (including phenoxy) is 1. The maximum atomic E-state index is 12.8. The van der Waals surface area contributed by atoms with Crippen molar-refractivity contribution in [1.82, 2.24) is 14.5 Å². The van der Waals surface area contributed by atoms with Gasteiger partial charge in [-0.1, -0.05) is 30.3 Å². The van der Waals surface area contributed by atoms with Gasteiger partial charge < -0.3 is 15.0 Å². The summed E-state index contributed by atoms with van der Waals surface area (Å²) in [5.41, 5.74) is 0.819. The maximum Gasteiger partial charge on any atom is 0.573 e. The Balaban J connectivity index is 1.49. The molecule has 1 aliphatic heterocycles. The summed E-state index contributed by atoms with van der Waals surface area (Å²) in [5.74, 6) is -1.15. The molecule has 0 aliphatic carbocycles. The Kier molecular flexibility index (Phi) is 7.59. The Morgan fingerprint density at radius 2 is 1.55 bits per heavy atom. The van der Waals surface area contributed by atoms with Crippen molar-refractivity contribution >= 4 is 21.8 Å². The molecule has 8 nitrogen and oxygen atoms in total. The monoisotopic (exact) mass is 485 g/mol. The van der Waals surface area contributed by atoms with E-state index in [4.69, 9.17) is 0 Å². The molecule has 2 aromatic rings. The molecule has 1 aliphatic rings. The fourth-order valence-electron chi connectivity index (χ4n) is 3.27. The molecule has 1 saturated heterocycles. The van der Waals surface area contributed by atoms with Crippen LogP contribution in [-0.2, 0) is 26.0 Å². The summed E-state index contributed by atoms with van der Waals surface area (Å²) < 4.78 is 67.2. The van der Waals surface area contributed by atoms with Crippen LogP contribution >= 0.6 is 0 Å². The highest BCUT2D eigenvalue weighted by Gasteiger charge is 2.32. The highest BCUT2D eigenvalue weighted by Crippen LogP contribution is 2.25. The molecule has 1 heterocycles. The maximum absolute atomic E-state index is 12.8. The van der Waals surface area contributed by atoms with Gasteiger partial charge in [0.05, 0.1) is 17.9 Å². The Hall–Kier alpha value is -3.12. The molecule has 0 bridgehead atoms. The van der Waals surface area contributed by atoms with Crippen LogP contribution in [0.5, 0.6) is 5.75 Å². The molecular weight excluding hydrogens is 463 g/mol. The summed E-state index contributed by atoms with van der Waals surface area (Å²) in [6.45, 7) is 0.0997. The Bertz CT molecular complexity index is 1070. The predicted molar refractivity (Wildman–Crippen MR) is 112 cm³/mol. The summed E-state index contributed by atoms with van der Waals surface area (Å²) in [4.78, 5) is 25.6. The first kappa shape index (κ1) is 24.5. The molecule has 0 saturated carbocycles. The topological polar surface area (TPSA) is 96.0 Å². The van der Waals surface area contributed by atoms with Gasteiger partial charge in [-0.05, 0) is 29.8 Å². The van der Waals surface area contributed by atoms with Gasteiger partial charge in [0, 0.05) is 26.2 Å². The largest absolute Gasteiger partial charge is 0.573 e. The van der Waals surface area contributed by atoms with Gasteiger partial charge >= 0.3 is 6.36 Å². The molecule has 1 fully saturated rings. The smallest absolute Gasteiger partial charge is 0.406 e. The lowest BCUT2D eigenvalue weighted by atomic mass is 10.1. The van der Waals surface area contributed by atoms with E-state index in [1.807, 2.05) is 18.2 Å². The number of hydrogen-bond acceptors (Lipinski definition) is 5. The summed E-state index contributed by atoms with van der Waals surface area (Å²) in [7, 11) is -3.94. The van der Waals surface area contributed by atoms with Gasteiger partial charge in [-0.3, -0.25) is 9.59 Å². The summed E-state index contributed by atoms with van der Waals surface area (Å²) in [6, 6.07) is 13.0. The lowest BCUT2D eigenvalue weighted by molar-refractivity contribution is -0.274. The number of halogens is 3. The zero-order valence-corrected chi connectivity index (χ0v) is 18.2. The number of rotatable bonds is 7. The van der Waals surface area contributed by atoms with Crippen molar-refractivity contribution in [2.45, 2.75) is 17.7 Å². The van der Waals surface area contributed by atoms with Gasteiger partial charge in [0.2, 0.25) is 21.8 Å². The van der Waals surface area contributed by atoms with Crippen LogP contribution < -0.4 is 10.1 Å². The third-order valence-electron chi connectivity index (χ3n) is 4.93. The molecule has 0 atom stereocenters. The number of carbonyl (C=O) groups is 2. The SMILES string of the molecule is O=C(Cc1ccccc1)NCC(=O)N1CCN(S(=O)(=O)c2ccc(OC(F)(F)F)cc2)CC1. The lowest BCUT2D eigenvalue weighted by Gasteiger charge is -2.34. The van der Waals surface area contributed by atoms with Gasteiger partial charge in [0.1, 0.15) is 5.75 Å². The van der Waals surface area contributed by atoms with E-state index in [1.54, 1.807) is 12.1 Å². The normalized spacial score (nSPS) is 15.2. The average molecular weight is 485 g/mol. The van der Waals surface area contributed by atoms with Crippen LogP contribution in [0.15, 0.2) is 59.5 Å². The second-order valence-corrected chi connectivity index (χ2v) is 9.18. The van der Waals surface area contributed by atoms with Crippen LogP contribution in [0.2, 0.25) is 0 Å². The number of hydrogen-bond donors (Lipinski definition) is 1. The van der Waals surface area contributed by atoms with E-state index in [9.17, 15) is 31.2 Å². The second kappa shape index (κ2) is 10.2. The highest BCUT2D eigenvalue weighted by molar-refractivity contribution is 7.89. The minimum absolute atomic E-state index is 0.0207. The van der Waals surface area contributed by atoms with E-state index in [0.717, 1.165) is 34.1 Å². The van der Waals surface area contributed by atoms with E-state index >= 15 is 0 Å². The zero-order chi connectivity index (χ0) is 24.1. The third kappa shape index (κ3) is 6.93. The quantitative estimate of drug-likeness (QED) is 0.645. The van der Waals surface area contributed by atoms with Crippen LogP contribution in [0.1, 0.15) is 5.56 Å². The molecule has 12 heteroatoms. The van der Waals surface area contributed by atoms with Crippen molar-refractivity contribution in [2.24, 2.45) is 0 Å². The first-order valence-electron chi connectivity index (χ1n) is 9.99. The first-order valence-corrected chi connectivity index (χ1v) is 11.4. The van der Waals surface area contributed by atoms with Gasteiger partial charge in [-0.2, -0.15) is 4.31 Å². The number of sulfonamides is 1. The van der Waals surface area contributed by atoms with Gasteiger partial charge in [-0.25, -0.2) is 8.42 Å². The number of nitrogens with zero attached hydrogens (tertiary/aromatic N) is 2. The molecule has 33 heavy (non-hydrogen) atoms. The van der Waals surface area contributed by atoms with Gasteiger partial charge in [0.15, 0.2) is 0 Å². The fourth-order valence-corrected chi connectivity index (χ4v) is 4.69. The van der Waals surface area contributed by atoms with Crippen LogP contribution in [-0.4, -0.2) is 68.5 Å². The number of piperazine rings is 1. The second-order valence-electron chi connectivity index (χ2n) is 7.24. The number of nitrogens with one attached hydrogen (secondary N) is 1. The van der Waals surface area contributed by atoms with Crippen LogP contribution in [0.3, 0.4) is 0 Å². The fraction of sp³-hybridized carbons (Fsp3) is 0.333. The standard InChI is InChI=1S/C21H22F3N3O5S/c22-21(23,24)32-17-6-8-18(9-7-17)33(30,31)27-12-10-26(11-13-27)20(29)15-25-19(28)14-16-4-2-1-3-5-16/h1-9H,10-15H2,(H,25,28). The van der Waals surface area contributed by atoms with Gasteiger partial charge in [-0.15, -0.1) is 13.2 Å². The molecule has 2 aromatic carbocycles. The summed E-state index contributed by atoms with van der Waals surface area (Å²) in [5, 5.41) is 2.56. The average Bonchev–Trinajstić information content (AvgIpc) is 2.77. The third-order valence-corrected chi connectivity index (χ3v) is 6.84. The van der Waals surface area contributed by atoms with Gasteiger partial charge in [0.25, 0.3) is 0 Å². The number of carbonyl (C=O) groups excluding carboxylic acids is 2. The molecule has 0 radical (unpaired) electrons. The first-order chi connectivity index (χ1) is 15.5. The molecule has 1 N–H and O–H groups in total. The lowest BCUT2D eigenvalue weighted by Crippen LogP contribution is -2.52. The number of alkyl halides is 3. The van der Waals surface area contributed by atoms with Crippen LogP contribution in [0.25, 0.3) is 0 Å². The highest BCUT2D eigenvalue weighted by atomic mass is 32.2. The molecule has 0 spiro atoms. The van der Waals surface area contributed by atoms with Crippen molar-refractivity contribution < 1.29 is 35.9 Å². The molecule has 2 amide bonds. The molecular formula is C21H22F3N3O5S. The summed E-state index contributed by atoms with van der Waals surface area (Å²) >= 11 is 0. The van der Waals surface area contributed by atoms with Crippen molar-refractivity contribution in [3.8, 4) is 5.75 Å². The van der Waals surface area contributed by atoms with Crippen molar-refractivity contribution in [3.63, 3.8) is 0 Å². The van der Waals surface area contributed by atoms with Crippen molar-refractivity contribution in [3.05, 3.63) is 60.2 Å². The minimum atomic E-state index is -4.87. The zero-order valence-electron chi connectivity index (χ0n) is 17.4. The van der Waals surface area contributed by atoms with Crippen LogP contribution in [0.4, 0.5) is 13.2 Å². The Labute approximate surface area is 189 Å². The molecule has 0 aromatic heterocycles. The summed E-state index contributed by atoms with van der Waals surface area (Å²) in [6.07, 6.45) is -4.72. The Morgan fingerprint density at radius 1 is 0.939 bits per heavy atom. The van der Waals surface area contributed by atoms with Crippen molar-refractivity contribution in [2.75, 3.05) is 32.7 Å². The van der Waals surface area contributed by atoms with E-state index in [0.29, 0.717) is 0 Å². The number of benzene rings is 2. The van der Waals surface area contributed by atoms with E-state index in [2.05, 4.69) is 10.1 Å². The predicted octanol–water partition coefficient (Wildman–Crippen LogP) is 1.78. The van der Waals surface area contributed by atoms with E-state index < -0.39 is 22.1 Å². The molecule has 3 rings (SSSR count). The molecule has 0 unspecified atom stereocenters. The Morgan fingerprint density at radius 3 is 2.12 bits per heavy atom. The minimum Gasteiger partial charge on any atom is -0.406 e. The van der Waals surface area contributed by atoms with Crippen LogP contribution in [0, 0.1) is 0 Å². The number of amides is 2. The van der Waals surface area contributed by atoms with Crippen molar-refractivity contribution in [1.29, 1.82) is 0 Å². The van der Waals surface area contributed by atoms with E-state index in [1.165, 1.54) is 4.90 Å². The van der Waals surface area contributed by atoms with E-state index in [-0.39, 0.29) is 55.9 Å².